The first-order chi connectivity index (χ1) is 16.2. The van der Waals surface area contributed by atoms with E-state index in [0.717, 1.165) is 24.2 Å². The van der Waals surface area contributed by atoms with Gasteiger partial charge in [-0.2, -0.15) is 4.31 Å². The molecule has 34 heavy (non-hydrogen) atoms. The van der Waals surface area contributed by atoms with E-state index in [1.165, 1.54) is 34.5 Å². The van der Waals surface area contributed by atoms with Gasteiger partial charge in [0.05, 0.1) is 20.3 Å². The molecule has 3 aliphatic rings. The predicted molar refractivity (Wildman–Crippen MR) is 122 cm³/mol. The fourth-order valence-electron chi connectivity index (χ4n) is 4.90. The maximum atomic E-state index is 13.2. The van der Waals surface area contributed by atoms with E-state index in [1.54, 1.807) is 7.05 Å². The van der Waals surface area contributed by atoms with Gasteiger partial charge in [-0.3, -0.25) is 14.5 Å². The number of amides is 4. The lowest BCUT2D eigenvalue weighted by molar-refractivity contribution is -0.136. The number of nitrogens with zero attached hydrogens (tertiary/aromatic N) is 3. The molecule has 0 atom stereocenters. The quantitative estimate of drug-likeness (QED) is 0.590. The molecule has 186 valence electrons. The number of imide groups is 1. The number of benzene rings is 1. The number of likely N-dealkylation sites (N-methyl/N-ethyl adjacent to an activating group) is 1. The Hall–Kier alpha value is -2.70. The van der Waals surface area contributed by atoms with Crippen molar-refractivity contribution >= 4 is 33.6 Å². The second kappa shape index (κ2) is 9.51. The van der Waals surface area contributed by atoms with Crippen LogP contribution in [-0.4, -0.2) is 92.9 Å². The van der Waals surface area contributed by atoms with Crippen LogP contribution in [-0.2, 0) is 24.3 Å². The SMILES string of the molecule is COc1ccc(NC(=O)CN2C(=O)N(C)C3(CCCCC3)C2=O)cc1S(=O)(=O)N1CCOCC1. The third-order valence-electron chi connectivity index (χ3n) is 6.82. The van der Waals surface area contributed by atoms with Gasteiger partial charge < -0.3 is 19.7 Å². The van der Waals surface area contributed by atoms with Crippen LogP contribution in [0.1, 0.15) is 32.1 Å². The summed E-state index contributed by atoms with van der Waals surface area (Å²) in [6, 6.07) is 3.80. The van der Waals surface area contributed by atoms with Gasteiger partial charge in [0, 0.05) is 25.8 Å². The highest BCUT2D eigenvalue weighted by Gasteiger charge is 2.55. The molecule has 4 rings (SSSR count). The summed E-state index contributed by atoms with van der Waals surface area (Å²) in [5.74, 6) is -0.793. The predicted octanol–water partition coefficient (Wildman–Crippen LogP) is 1.25. The highest BCUT2D eigenvalue weighted by molar-refractivity contribution is 7.89. The van der Waals surface area contributed by atoms with Crippen LogP contribution in [0.2, 0.25) is 0 Å². The van der Waals surface area contributed by atoms with Crippen molar-refractivity contribution in [1.82, 2.24) is 14.1 Å². The van der Waals surface area contributed by atoms with E-state index < -0.39 is 34.0 Å². The molecule has 1 spiro atoms. The van der Waals surface area contributed by atoms with E-state index in [4.69, 9.17) is 9.47 Å². The number of hydrogen-bond donors (Lipinski definition) is 1. The fraction of sp³-hybridized carbons (Fsp3) is 0.591. The first-order valence-electron chi connectivity index (χ1n) is 11.4. The van der Waals surface area contributed by atoms with Crippen molar-refractivity contribution in [3.63, 3.8) is 0 Å². The zero-order valence-corrected chi connectivity index (χ0v) is 20.2. The van der Waals surface area contributed by atoms with Crippen LogP contribution in [0.4, 0.5) is 10.5 Å². The highest BCUT2D eigenvalue weighted by Crippen LogP contribution is 2.39. The summed E-state index contributed by atoms with van der Waals surface area (Å²) in [5, 5.41) is 2.62. The molecule has 0 radical (unpaired) electrons. The Bertz CT molecular complexity index is 1080. The van der Waals surface area contributed by atoms with Gasteiger partial charge in [0.1, 0.15) is 22.7 Å². The number of urea groups is 1. The Kier molecular flexibility index (Phi) is 6.83. The average molecular weight is 495 g/mol. The summed E-state index contributed by atoms with van der Waals surface area (Å²) >= 11 is 0. The van der Waals surface area contributed by atoms with Crippen LogP contribution in [0.5, 0.6) is 5.75 Å². The van der Waals surface area contributed by atoms with E-state index in [9.17, 15) is 22.8 Å². The minimum Gasteiger partial charge on any atom is -0.495 e. The van der Waals surface area contributed by atoms with Crippen LogP contribution >= 0.6 is 0 Å². The number of anilines is 1. The van der Waals surface area contributed by atoms with Crippen molar-refractivity contribution in [2.45, 2.75) is 42.5 Å². The summed E-state index contributed by atoms with van der Waals surface area (Å²) in [4.78, 5) is 41.0. The largest absolute Gasteiger partial charge is 0.495 e. The number of rotatable bonds is 6. The van der Waals surface area contributed by atoms with Crippen molar-refractivity contribution in [3.05, 3.63) is 18.2 Å². The van der Waals surface area contributed by atoms with Crippen LogP contribution in [0.3, 0.4) is 0 Å². The van der Waals surface area contributed by atoms with Gasteiger partial charge in [-0.15, -0.1) is 0 Å². The number of nitrogens with one attached hydrogen (secondary N) is 1. The van der Waals surface area contributed by atoms with Crippen molar-refractivity contribution in [3.8, 4) is 5.75 Å². The van der Waals surface area contributed by atoms with E-state index in [-0.39, 0.29) is 35.3 Å². The van der Waals surface area contributed by atoms with Crippen molar-refractivity contribution in [1.29, 1.82) is 0 Å². The Balaban J connectivity index is 1.51. The number of morpholine rings is 1. The Labute approximate surface area is 199 Å². The molecule has 0 bridgehead atoms. The minimum absolute atomic E-state index is 0.0797. The van der Waals surface area contributed by atoms with E-state index >= 15 is 0 Å². The Morgan fingerprint density at radius 2 is 1.82 bits per heavy atom. The van der Waals surface area contributed by atoms with E-state index in [2.05, 4.69) is 5.32 Å². The number of methoxy groups -OCH3 is 1. The number of sulfonamides is 1. The van der Waals surface area contributed by atoms with E-state index in [0.29, 0.717) is 26.1 Å². The van der Waals surface area contributed by atoms with Crippen LogP contribution < -0.4 is 10.1 Å². The number of ether oxygens (including phenoxy) is 2. The van der Waals surface area contributed by atoms with Crippen molar-refractivity contribution in [2.75, 3.05) is 52.3 Å². The number of hydrogen-bond acceptors (Lipinski definition) is 7. The molecule has 1 aromatic carbocycles. The lowest BCUT2D eigenvalue weighted by atomic mass is 9.81. The second-order valence-corrected chi connectivity index (χ2v) is 10.7. The van der Waals surface area contributed by atoms with Crippen LogP contribution in [0.25, 0.3) is 0 Å². The molecular weight excluding hydrogens is 464 g/mol. The third kappa shape index (κ3) is 4.25. The molecule has 4 amide bonds. The zero-order chi connectivity index (χ0) is 24.5. The van der Waals surface area contributed by atoms with E-state index in [1.807, 2.05) is 0 Å². The van der Waals surface area contributed by atoms with Gasteiger partial charge in [-0.25, -0.2) is 13.2 Å². The van der Waals surface area contributed by atoms with Gasteiger partial charge in [-0.05, 0) is 31.0 Å². The maximum absolute atomic E-state index is 13.2. The third-order valence-corrected chi connectivity index (χ3v) is 8.74. The van der Waals surface area contributed by atoms with Gasteiger partial charge >= 0.3 is 6.03 Å². The normalized spacial score (nSPS) is 21.2. The lowest BCUT2D eigenvalue weighted by Crippen LogP contribution is -2.49. The summed E-state index contributed by atoms with van der Waals surface area (Å²) in [6.07, 6.45) is 3.91. The summed E-state index contributed by atoms with van der Waals surface area (Å²) < 4.78 is 38.1. The zero-order valence-electron chi connectivity index (χ0n) is 19.4. The molecule has 1 aromatic rings. The molecule has 0 aromatic heterocycles. The van der Waals surface area contributed by atoms with Crippen LogP contribution in [0.15, 0.2) is 23.1 Å². The molecule has 1 N–H and O–H groups in total. The molecule has 2 saturated heterocycles. The Morgan fingerprint density at radius 3 is 2.47 bits per heavy atom. The first kappa shape index (κ1) is 24.4. The molecule has 12 heteroatoms. The van der Waals surface area contributed by atoms with Gasteiger partial charge in [0.15, 0.2) is 0 Å². The molecule has 1 aliphatic carbocycles. The first-order valence-corrected chi connectivity index (χ1v) is 12.8. The Morgan fingerprint density at radius 1 is 1.15 bits per heavy atom. The summed E-state index contributed by atoms with van der Waals surface area (Å²) in [5.41, 5.74) is -0.646. The fourth-order valence-corrected chi connectivity index (χ4v) is 6.49. The average Bonchev–Trinajstić information content (AvgIpc) is 3.01. The molecule has 1 saturated carbocycles. The van der Waals surface area contributed by atoms with Crippen LogP contribution in [0, 0.1) is 0 Å². The minimum atomic E-state index is -3.88. The molecule has 0 unspecified atom stereocenters. The topological polar surface area (TPSA) is 126 Å². The smallest absolute Gasteiger partial charge is 0.327 e. The van der Waals surface area contributed by atoms with Crippen molar-refractivity contribution in [2.24, 2.45) is 0 Å². The molecule has 11 nitrogen and oxygen atoms in total. The van der Waals surface area contributed by atoms with Gasteiger partial charge in [-0.1, -0.05) is 19.3 Å². The molecular formula is C22H30N4O7S. The lowest BCUT2D eigenvalue weighted by Gasteiger charge is -2.35. The van der Waals surface area contributed by atoms with Gasteiger partial charge in [0.2, 0.25) is 15.9 Å². The van der Waals surface area contributed by atoms with Gasteiger partial charge in [0.25, 0.3) is 5.91 Å². The molecule has 3 fully saturated rings. The second-order valence-electron chi connectivity index (χ2n) is 8.76. The highest BCUT2D eigenvalue weighted by atomic mass is 32.2. The standard InChI is InChI=1S/C22H30N4O7S/c1-24-21(29)26(20(28)22(24)8-4-3-5-9-22)15-19(27)23-16-6-7-17(32-2)18(14-16)34(30,31)25-10-12-33-13-11-25/h6-7,14H,3-5,8-13,15H2,1-2H3,(H,23,27). The number of carbonyl (C=O) groups is 3. The van der Waals surface area contributed by atoms with Crippen molar-refractivity contribution < 1.29 is 32.3 Å². The monoisotopic (exact) mass is 494 g/mol. The maximum Gasteiger partial charge on any atom is 0.327 e. The molecule has 2 heterocycles. The summed E-state index contributed by atoms with van der Waals surface area (Å²) in [6.45, 7) is 0.589. The molecule has 2 aliphatic heterocycles. The summed E-state index contributed by atoms with van der Waals surface area (Å²) in [7, 11) is -0.901. The number of carbonyl (C=O) groups excluding carboxylic acids is 3.